The van der Waals surface area contributed by atoms with E-state index >= 15 is 0 Å². The predicted octanol–water partition coefficient (Wildman–Crippen LogP) is 2.93. The van der Waals surface area contributed by atoms with Crippen molar-refractivity contribution in [1.82, 2.24) is 4.90 Å². The molecule has 130 valence electrons. The molecule has 1 rings (SSSR count). The van der Waals surface area contributed by atoms with Crippen molar-refractivity contribution in [3.05, 3.63) is 65.7 Å². The smallest absolute Gasteiger partial charge is 0.350 e. The van der Waals surface area contributed by atoms with Gasteiger partial charge in [0.15, 0.2) is 4.91 Å². The molecule has 1 aromatic carbocycles. The number of hydrogen-bond acceptors (Lipinski definition) is 5. The van der Waals surface area contributed by atoms with Crippen LogP contribution in [0, 0.1) is 0 Å². The monoisotopic (exact) mass is 349 g/mol. The fourth-order valence-corrected chi connectivity index (χ4v) is 3.26. The first-order valence-corrected chi connectivity index (χ1v) is 8.97. The van der Waals surface area contributed by atoms with Gasteiger partial charge in [-0.2, -0.15) is 0 Å². The first kappa shape index (κ1) is 19.7. The summed E-state index contributed by atoms with van der Waals surface area (Å²) in [6.45, 7) is 8.05. The highest BCUT2D eigenvalue weighted by Gasteiger charge is 2.27. The van der Waals surface area contributed by atoms with Crippen molar-refractivity contribution < 1.29 is 17.9 Å². The van der Waals surface area contributed by atoms with E-state index in [4.69, 9.17) is 4.74 Å². The zero-order valence-corrected chi connectivity index (χ0v) is 15.0. The van der Waals surface area contributed by atoms with Gasteiger partial charge in [-0.15, -0.1) is 0 Å². The van der Waals surface area contributed by atoms with Crippen LogP contribution in [0.2, 0.25) is 0 Å². The Labute approximate surface area is 143 Å². The van der Waals surface area contributed by atoms with Gasteiger partial charge in [-0.25, -0.2) is 13.2 Å². The van der Waals surface area contributed by atoms with Crippen LogP contribution in [0.5, 0.6) is 0 Å². The molecule has 0 saturated heterocycles. The molecule has 24 heavy (non-hydrogen) atoms. The number of sulfone groups is 1. The number of esters is 1. The predicted molar refractivity (Wildman–Crippen MR) is 94.9 cm³/mol. The summed E-state index contributed by atoms with van der Waals surface area (Å²) >= 11 is 0. The summed E-state index contributed by atoms with van der Waals surface area (Å²) in [6.07, 6.45) is 4.44. The average molecular weight is 349 g/mol. The molecule has 0 fully saturated rings. The topological polar surface area (TPSA) is 63.7 Å². The van der Waals surface area contributed by atoms with Gasteiger partial charge in [-0.05, 0) is 44.3 Å². The van der Waals surface area contributed by atoms with E-state index in [0.717, 1.165) is 5.57 Å². The molecule has 0 atom stereocenters. The Morgan fingerprint density at radius 2 is 1.92 bits per heavy atom. The fraction of sp³-hybridized carbons (Fsp3) is 0.278. The number of benzene rings is 1. The van der Waals surface area contributed by atoms with Crippen LogP contribution >= 0.6 is 0 Å². The molecule has 0 N–H and O–H groups in total. The molecular weight excluding hydrogens is 326 g/mol. The number of carbonyl (C=O) groups is 1. The molecule has 0 unspecified atom stereocenters. The third-order valence-electron chi connectivity index (χ3n) is 2.93. The summed E-state index contributed by atoms with van der Waals surface area (Å²) in [7, 11) is -2.12. The van der Waals surface area contributed by atoms with Crippen LogP contribution in [-0.2, 0) is 19.4 Å². The van der Waals surface area contributed by atoms with E-state index in [1.165, 1.54) is 24.3 Å². The second-order valence-corrected chi connectivity index (χ2v) is 7.20. The SMILES string of the molecule is C=C(C)CN(C)/C=C/C=C(\C(=O)OCC)S(=O)(=O)c1ccccc1. The summed E-state index contributed by atoms with van der Waals surface area (Å²) in [6, 6.07) is 7.80. The van der Waals surface area contributed by atoms with Gasteiger partial charge in [0, 0.05) is 13.6 Å². The van der Waals surface area contributed by atoms with E-state index in [2.05, 4.69) is 6.58 Å². The Morgan fingerprint density at radius 3 is 2.46 bits per heavy atom. The molecule has 0 spiro atoms. The Kier molecular flexibility index (Phi) is 7.45. The molecule has 5 nitrogen and oxygen atoms in total. The van der Waals surface area contributed by atoms with Crippen LogP contribution in [0.3, 0.4) is 0 Å². The zero-order valence-electron chi connectivity index (χ0n) is 14.2. The maximum atomic E-state index is 12.7. The van der Waals surface area contributed by atoms with Gasteiger partial charge < -0.3 is 9.64 Å². The van der Waals surface area contributed by atoms with Crippen molar-refractivity contribution in [2.75, 3.05) is 20.2 Å². The zero-order chi connectivity index (χ0) is 18.2. The Balaban J connectivity index is 3.18. The van der Waals surface area contributed by atoms with Gasteiger partial charge >= 0.3 is 5.97 Å². The van der Waals surface area contributed by atoms with Crippen LogP contribution in [0.4, 0.5) is 0 Å². The first-order chi connectivity index (χ1) is 11.3. The Bertz CT molecular complexity index is 734. The number of carbonyl (C=O) groups excluding carboxylic acids is 1. The molecule has 0 bridgehead atoms. The fourth-order valence-electron chi connectivity index (χ4n) is 1.95. The molecule has 0 heterocycles. The molecular formula is C18H23NO4S. The number of likely N-dealkylation sites (N-methyl/N-ethyl adjacent to an activating group) is 1. The van der Waals surface area contributed by atoms with Crippen molar-refractivity contribution >= 4 is 15.8 Å². The quantitative estimate of drug-likeness (QED) is 0.312. The van der Waals surface area contributed by atoms with Gasteiger partial charge in [0.25, 0.3) is 0 Å². The van der Waals surface area contributed by atoms with E-state index in [9.17, 15) is 13.2 Å². The maximum absolute atomic E-state index is 12.7. The Hall–Kier alpha value is -2.34. The van der Waals surface area contributed by atoms with Crippen molar-refractivity contribution in [1.29, 1.82) is 0 Å². The van der Waals surface area contributed by atoms with E-state index in [1.54, 1.807) is 31.3 Å². The lowest BCUT2D eigenvalue weighted by Crippen LogP contribution is -2.17. The van der Waals surface area contributed by atoms with Gasteiger partial charge in [-0.3, -0.25) is 0 Å². The lowest BCUT2D eigenvalue weighted by molar-refractivity contribution is -0.137. The molecule has 0 aromatic heterocycles. The number of rotatable bonds is 8. The van der Waals surface area contributed by atoms with Gasteiger partial charge in [-0.1, -0.05) is 30.4 Å². The molecule has 0 aliphatic rings. The van der Waals surface area contributed by atoms with E-state index < -0.39 is 20.7 Å². The van der Waals surface area contributed by atoms with Crippen molar-refractivity contribution in [2.24, 2.45) is 0 Å². The minimum absolute atomic E-state index is 0.0491. The minimum atomic E-state index is -3.94. The highest BCUT2D eigenvalue weighted by Crippen LogP contribution is 2.20. The average Bonchev–Trinajstić information content (AvgIpc) is 2.51. The molecule has 0 saturated carbocycles. The normalized spacial score (nSPS) is 12.2. The van der Waals surface area contributed by atoms with Crippen molar-refractivity contribution in [3.63, 3.8) is 0 Å². The summed E-state index contributed by atoms with van der Waals surface area (Å²) in [5.41, 5.74) is 0.966. The summed E-state index contributed by atoms with van der Waals surface area (Å²) in [4.78, 5) is 13.6. The lowest BCUT2D eigenvalue weighted by Gasteiger charge is -2.13. The third kappa shape index (κ3) is 5.70. The Morgan fingerprint density at radius 1 is 1.29 bits per heavy atom. The minimum Gasteiger partial charge on any atom is -0.462 e. The van der Waals surface area contributed by atoms with Gasteiger partial charge in [0.1, 0.15) is 0 Å². The van der Waals surface area contributed by atoms with E-state index in [-0.39, 0.29) is 11.5 Å². The van der Waals surface area contributed by atoms with Crippen LogP contribution in [-0.4, -0.2) is 39.5 Å². The molecule has 0 radical (unpaired) electrons. The summed E-state index contributed by atoms with van der Waals surface area (Å²) in [5, 5.41) is 0. The largest absolute Gasteiger partial charge is 0.462 e. The molecule has 1 aromatic rings. The number of nitrogens with zero attached hydrogens (tertiary/aromatic N) is 1. The number of allylic oxidation sites excluding steroid dienone is 2. The van der Waals surface area contributed by atoms with Crippen molar-refractivity contribution in [2.45, 2.75) is 18.7 Å². The molecule has 0 aliphatic carbocycles. The van der Waals surface area contributed by atoms with E-state index in [0.29, 0.717) is 6.54 Å². The maximum Gasteiger partial charge on any atom is 0.350 e. The second kappa shape index (κ2) is 9.08. The summed E-state index contributed by atoms with van der Waals surface area (Å²) in [5.74, 6) is -0.867. The lowest BCUT2D eigenvalue weighted by atomic mass is 10.3. The first-order valence-electron chi connectivity index (χ1n) is 7.49. The van der Waals surface area contributed by atoms with Gasteiger partial charge in [0.2, 0.25) is 9.84 Å². The van der Waals surface area contributed by atoms with Crippen LogP contribution in [0.25, 0.3) is 0 Å². The van der Waals surface area contributed by atoms with E-state index in [1.807, 2.05) is 18.9 Å². The van der Waals surface area contributed by atoms with Gasteiger partial charge in [0.05, 0.1) is 11.5 Å². The highest BCUT2D eigenvalue weighted by molar-refractivity contribution is 7.96. The van der Waals surface area contributed by atoms with Crippen LogP contribution < -0.4 is 0 Å². The number of ether oxygens (including phenoxy) is 1. The second-order valence-electron chi connectivity index (χ2n) is 5.28. The molecule has 0 aliphatic heterocycles. The molecule has 0 amide bonds. The van der Waals surface area contributed by atoms with Crippen LogP contribution in [0.1, 0.15) is 13.8 Å². The molecule has 6 heteroatoms. The third-order valence-corrected chi connectivity index (χ3v) is 4.70. The number of hydrogen-bond donors (Lipinski definition) is 0. The van der Waals surface area contributed by atoms with Crippen molar-refractivity contribution in [3.8, 4) is 0 Å². The summed E-state index contributed by atoms with van der Waals surface area (Å²) < 4.78 is 30.2. The van der Waals surface area contributed by atoms with Crippen LogP contribution in [0.15, 0.2) is 70.6 Å². The standard InChI is InChI=1S/C18H23NO4S/c1-5-23-18(20)17(12-9-13-19(4)14-15(2)3)24(21,22)16-10-7-6-8-11-16/h6-13H,2,5,14H2,1,3-4H3/b13-9+,17-12+. The highest BCUT2D eigenvalue weighted by atomic mass is 32.2.